The summed E-state index contributed by atoms with van der Waals surface area (Å²) in [4.78, 5) is 16.8. The Hall–Kier alpha value is -2.52. The highest BCUT2D eigenvalue weighted by Crippen LogP contribution is 2.48. The van der Waals surface area contributed by atoms with E-state index in [4.69, 9.17) is 0 Å². The van der Waals surface area contributed by atoms with Gasteiger partial charge in [0.2, 0.25) is 0 Å². The third kappa shape index (κ3) is 5.10. The molecule has 0 saturated heterocycles. The molecule has 1 atom stereocenters. The van der Waals surface area contributed by atoms with Gasteiger partial charge in [0.15, 0.2) is 12.0 Å². The predicted octanol–water partition coefficient (Wildman–Crippen LogP) is 5.30. The lowest BCUT2D eigenvalue weighted by Crippen LogP contribution is -2.44. The fraction of sp³-hybridized carbons (Fsp3) is 0.474. The van der Waals surface area contributed by atoms with E-state index < -0.39 is 35.8 Å². The second-order valence-electron chi connectivity index (χ2n) is 7.21. The summed E-state index contributed by atoms with van der Waals surface area (Å²) in [6.45, 7) is 4.82. The highest BCUT2D eigenvalue weighted by molar-refractivity contribution is 6.08. The lowest BCUT2D eigenvalue weighted by Gasteiger charge is -2.31. The molecule has 0 radical (unpaired) electrons. The van der Waals surface area contributed by atoms with Crippen LogP contribution in [0, 0.1) is 5.92 Å². The second-order valence-corrected chi connectivity index (χ2v) is 7.21. The molecule has 29 heavy (non-hydrogen) atoms. The predicted molar refractivity (Wildman–Crippen MR) is 96.0 cm³/mol. The van der Waals surface area contributed by atoms with Crippen molar-refractivity contribution in [3.63, 3.8) is 0 Å². The van der Waals surface area contributed by atoms with E-state index in [1.807, 2.05) is 0 Å². The number of hydrogen-bond donors (Lipinski definition) is 1. The second kappa shape index (κ2) is 8.08. The van der Waals surface area contributed by atoms with Crippen LogP contribution in [0.2, 0.25) is 0 Å². The molecule has 10 heteroatoms. The standard InChI is InChI=1S/C19H20F6N2O2/c1-10(2)8-12-9-13(27-7-6-26-11(3)15(27)17(28)29)4-5-14(12)16(18(20,21)22)19(23,24)25/h4-7,9-10,15-16H,8H2,1-3H3,(H,28,29). The topological polar surface area (TPSA) is 52.9 Å². The first kappa shape index (κ1) is 22.8. The Balaban J connectivity index is 2.62. The Labute approximate surface area is 163 Å². The van der Waals surface area contributed by atoms with Crippen LogP contribution < -0.4 is 4.90 Å². The molecule has 4 nitrogen and oxygen atoms in total. The number of carboxylic acids is 1. The molecule has 1 heterocycles. The van der Waals surface area contributed by atoms with Gasteiger partial charge < -0.3 is 10.0 Å². The summed E-state index contributed by atoms with van der Waals surface area (Å²) in [5.41, 5.74) is -0.598. The molecule has 0 aromatic heterocycles. The number of hydrogen-bond acceptors (Lipinski definition) is 3. The lowest BCUT2D eigenvalue weighted by atomic mass is 9.88. The number of aliphatic imine (C=N–C) groups is 1. The Morgan fingerprint density at radius 3 is 2.24 bits per heavy atom. The zero-order valence-electron chi connectivity index (χ0n) is 15.8. The van der Waals surface area contributed by atoms with Gasteiger partial charge in [0.25, 0.3) is 0 Å². The van der Waals surface area contributed by atoms with Crippen molar-refractivity contribution in [3.8, 4) is 0 Å². The van der Waals surface area contributed by atoms with Crippen molar-refractivity contribution < 1.29 is 36.2 Å². The smallest absolute Gasteiger partial charge is 0.404 e. The first-order valence-corrected chi connectivity index (χ1v) is 8.71. The van der Waals surface area contributed by atoms with Crippen molar-refractivity contribution in [3.05, 3.63) is 41.7 Å². The van der Waals surface area contributed by atoms with Crippen LogP contribution in [0.3, 0.4) is 0 Å². The van der Waals surface area contributed by atoms with Crippen LogP contribution >= 0.6 is 0 Å². The van der Waals surface area contributed by atoms with E-state index in [0.717, 1.165) is 12.1 Å². The Morgan fingerprint density at radius 2 is 1.76 bits per heavy atom. The quantitative estimate of drug-likeness (QED) is 0.656. The van der Waals surface area contributed by atoms with Crippen LogP contribution in [-0.2, 0) is 11.2 Å². The molecule has 1 N–H and O–H groups in total. The van der Waals surface area contributed by atoms with Crippen molar-refractivity contribution in [1.29, 1.82) is 0 Å². The van der Waals surface area contributed by atoms with E-state index in [1.54, 1.807) is 13.8 Å². The van der Waals surface area contributed by atoms with E-state index in [9.17, 15) is 36.2 Å². The van der Waals surface area contributed by atoms with Gasteiger partial charge in [-0.15, -0.1) is 0 Å². The van der Waals surface area contributed by atoms with Gasteiger partial charge in [-0.2, -0.15) is 26.3 Å². The fourth-order valence-electron chi connectivity index (χ4n) is 3.30. The van der Waals surface area contributed by atoms with Gasteiger partial charge in [0.05, 0.1) is 0 Å². The van der Waals surface area contributed by atoms with Gasteiger partial charge in [-0.1, -0.05) is 19.9 Å². The minimum atomic E-state index is -5.51. The maximum absolute atomic E-state index is 13.3. The third-order valence-corrected chi connectivity index (χ3v) is 4.43. The number of alkyl halides is 6. The van der Waals surface area contributed by atoms with Crippen LogP contribution in [0.4, 0.5) is 32.0 Å². The fourth-order valence-corrected chi connectivity index (χ4v) is 3.30. The monoisotopic (exact) mass is 422 g/mol. The normalized spacial score (nSPS) is 17.8. The summed E-state index contributed by atoms with van der Waals surface area (Å²) < 4.78 is 79.6. The van der Waals surface area contributed by atoms with Crippen LogP contribution in [0.1, 0.15) is 37.8 Å². The number of carbonyl (C=O) groups is 1. The average Bonchev–Trinajstić information content (AvgIpc) is 2.52. The van der Waals surface area contributed by atoms with E-state index in [-0.39, 0.29) is 29.3 Å². The Kier molecular flexibility index (Phi) is 6.34. The zero-order valence-corrected chi connectivity index (χ0v) is 15.8. The number of rotatable bonds is 5. The summed E-state index contributed by atoms with van der Waals surface area (Å²) in [6.07, 6.45) is -8.41. The number of halogens is 6. The molecule has 1 aromatic rings. The maximum atomic E-state index is 13.3. The van der Waals surface area contributed by atoms with E-state index in [2.05, 4.69) is 4.99 Å². The van der Waals surface area contributed by atoms with Crippen LogP contribution in [0.25, 0.3) is 0 Å². The van der Waals surface area contributed by atoms with E-state index >= 15 is 0 Å². The first-order valence-electron chi connectivity index (χ1n) is 8.71. The number of nitrogens with zero attached hydrogens (tertiary/aromatic N) is 2. The van der Waals surface area contributed by atoms with Gasteiger partial charge in [0.1, 0.15) is 0 Å². The molecule has 0 bridgehead atoms. The number of aliphatic carboxylic acids is 1. The Bertz CT molecular complexity index is 813. The zero-order chi connectivity index (χ0) is 22.1. The van der Waals surface area contributed by atoms with Gasteiger partial charge in [-0.3, -0.25) is 4.99 Å². The van der Waals surface area contributed by atoms with E-state index in [1.165, 1.54) is 30.3 Å². The summed E-state index contributed by atoms with van der Waals surface area (Å²) in [5, 5.41) is 9.46. The molecule has 0 amide bonds. The van der Waals surface area contributed by atoms with Crippen molar-refractivity contribution in [2.75, 3.05) is 4.90 Å². The van der Waals surface area contributed by atoms with Gasteiger partial charge in [-0.25, -0.2) is 4.79 Å². The van der Waals surface area contributed by atoms with Crippen LogP contribution in [0.15, 0.2) is 35.6 Å². The summed E-state index contributed by atoms with van der Waals surface area (Å²) >= 11 is 0. The van der Waals surface area contributed by atoms with Crippen molar-refractivity contribution in [2.45, 2.75) is 51.5 Å². The van der Waals surface area contributed by atoms with Crippen LogP contribution in [0.5, 0.6) is 0 Å². The third-order valence-electron chi connectivity index (χ3n) is 4.43. The van der Waals surface area contributed by atoms with Gasteiger partial charge in [-0.05, 0) is 42.5 Å². The molecular weight excluding hydrogens is 402 g/mol. The molecule has 0 spiro atoms. The molecule has 0 aliphatic carbocycles. The number of carboxylic acid groups (broad SMARTS) is 1. The molecule has 2 rings (SSSR count). The highest BCUT2D eigenvalue weighted by Gasteiger charge is 2.58. The van der Waals surface area contributed by atoms with Gasteiger partial charge in [0, 0.05) is 23.8 Å². The molecule has 1 aromatic carbocycles. The molecule has 1 aliphatic heterocycles. The lowest BCUT2D eigenvalue weighted by molar-refractivity contribution is -0.253. The molecule has 1 unspecified atom stereocenters. The molecule has 0 saturated carbocycles. The Morgan fingerprint density at radius 1 is 1.17 bits per heavy atom. The number of benzene rings is 1. The minimum Gasteiger partial charge on any atom is -0.479 e. The van der Waals surface area contributed by atoms with Crippen molar-refractivity contribution in [1.82, 2.24) is 0 Å². The number of anilines is 1. The molecule has 0 fully saturated rings. The van der Waals surface area contributed by atoms with Crippen molar-refractivity contribution in [2.24, 2.45) is 10.9 Å². The van der Waals surface area contributed by atoms with Crippen molar-refractivity contribution >= 4 is 17.4 Å². The van der Waals surface area contributed by atoms with Crippen LogP contribution in [-0.4, -0.2) is 35.2 Å². The molecular formula is C19H20F6N2O2. The summed E-state index contributed by atoms with van der Waals surface area (Å²) in [6, 6.07) is 1.84. The first-order chi connectivity index (χ1) is 13.2. The molecule has 1 aliphatic rings. The average molecular weight is 422 g/mol. The maximum Gasteiger partial charge on any atom is 0.404 e. The summed E-state index contributed by atoms with van der Waals surface area (Å²) in [5.74, 6) is -5.08. The van der Waals surface area contributed by atoms with E-state index in [0.29, 0.717) is 0 Å². The SMILES string of the molecule is CC1=NC=CN(c2ccc(C(C(F)(F)F)C(F)(F)F)c(CC(C)C)c2)C1C(=O)O. The minimum absolute atomic E-state index is 0.0335. The van der Waals surface area contributed by atoms with Gasteiger partial charge >= 0.3 is 18.3 Å². The highest BCUT2D eigenvalue weighted by atomic mass is 19.4. The summed E-state index contributed by atoms with van der Waals surface area (Å²) in [7, 11) is 0. The largest absolute Gasteiger partial charge is 0.479 e. The molecule has 160 valence electrons.